The molecule has 2 fully saturated rings. The minimum Gasteiger partial charge on any atom is -0.444 e. The maximum Gasteiger partial charge on any atom is 0.410 e. The molecule has 30 heavy (non-hydrogen) atoms. The van der Waals surface area contributed by atoms with Gasteiger partial charge in [0.15, 0.2) is 0 Å². The van der Waals surface area contributed by atoms with Crippen LogP contribution in [0.2, 0.25) is 0 Å². The Balaban J connectivity index is 1.50. The number of hydrogen-bond acceptors (Lipinski definition) is 4. The van der Waals surface area contributed by atoms with Gasteiger partial charge < -0.3 is 9.64 Å². The molecule has 1 saturated carbocycles. The van der Waals surface area contributed by atoms with Crippen LogP contribution in [0.15, 0.2) is 18.3 Å². The van der Waals surface area contributed by atoms with Gasteiger partial charge in [-0.05, 0) is 75.3 Å². The average molecular weight is 530 g/mol. The first-order valence-corrected chi connectivity index (χ1v) is 11.0. The Morgan fingerprint density at radius 2 is 2.00 bits per heavy atom. The molecule has 1 saturated heterocycles. The first-order chi connectivity index (χ1) is 14.0. The normalized spacial score (nSPS) is 18.5. The van der Waals surface area contributed by atoms with Crippen LogP contribution < -0.4 is 0 Å². The molecule has 9 heteroatoms. The predicted molar refractivity (Wildman–Crippen MR) is 116 cm³/mol. The molecule has 0 N–H and O–H groups in total. The van der Waals surface area contributed by atoms with Gasteiger partial charge in [0, 0.05) is 36.0 Å². The molecule has 1 aliphatic heterocycles. The third-order valence-electron chi connectivity index (χ3n) is 5.74. The summed E-state index contributed by atoms with van der Waals surface area (Å²) in [6, 6.07) is 3.56. The SMILES string of the molecule is Cc1ncccc1-c1nn(C2CC3(C2)CN(C(=O)OC(C)(C)C)C3)c(C(F)F)c1I. The van der Waals surface area contributed by atoms with Crippen molar-refractivity contribution in [2.24, 2.45) is 5.41 Å². The van der Waals surface area contributed by atoms with Crippen molar-refractivity contribution in [3.05, 3.63) is 33.3 Å². The number of amides is 1. The minimum atomic E-state index is -2.61. The van der Waals surface area contributed by atoms with E-state index in [1.807, 2.05) is 56.4 Å². The molecular formula is C21H25F2IN4O2. The summed E-state index contributed by atoms with van der Waals surface area (Å²) < 4.78 is 35.2. The van der Waals surface area contributed by atoms with Crippen LogP contribution in [0.3, 0.4) is 0 Å². The van der Waals surface area contributed by atoms with Crippen molar-refractivity contribution in [1.82, 2.24) is 19.7 Å². The van der Waals surface area contributed by atoms with Crippen LogP contribution >= 0.6 is 22.6 Å². The molecule has 0 aromatic carbocycles. The second kappa shape index (κ2) is 7.42. The number of hydrogen-bond donors (Lipinski definition) is 0. The Kier molecular flexibility index (Phi) is 5.31. The van der Waals surface area contributed by atoms with Gasteiger partial charge in [0.2, 0.25) is 0 Å². The molecule has 0 unspecified atom stereocenters. The fraction of sp³-hybridized carbons (Fsp3) is 0.571. The van der Waals surface area contributed by atoms with E-state index in [-0.39, 0.29) is 23.2 Å². The average Bonchev–Trinajstić information content (AvgIpc) is 2.88. The molecule has 0 radical (unpaired) electrons. The smallest absolute Gasteiger partial charge is 0.410 e. The van der Waals surface area contributed by atoms with Crippen LogP contribution in [0, 0.1) is 15.9 Å². The van der Waals surface area contributed by atoms with Crippen molar-refractivity contribution in [2.45, 2.75) is 58.6 Å². The van der Waals surface area contributed by atoms with Crippen LogP contribution in [0.4, 0.5) is 13.6 Å². The Hall–Kier alpha value is -1.78. The van der Waals surface area contributed by atoms with Gasteiger partial charge in [0.25, 0.3) is 6.43 Å². The molecule has 1 spiro atoms. The lowest BCUT2D eigenvalue weighted by molar-refractivity contribution is -0.0942. The molecule has 2 aromatic heterocycles. The Morgan fingerprint density at radius 1 is 1.33 bits per heavy atom. The summed E-state index contributed by atoms with van der Waals surface area (Å²) in [4.78, 5) is 18.1. The Bertz CT molecular complexity index is 972. The maximum absolute atomic E-state index is 13.9. The van der Waals surface area contributed by atoms with Crippen molar-refractivity contribution in [2.75, 3.05) is 13.1 Å². The second-order valence-corrected chi connectivity index (χ2v) is 10.4. The van der Waals surface area contributed by atoms with Crippen molar-refractivity contribution in [3.8, 4) is 11.3 Å². The van der Waals surface area contributed by atoms with Gasteiger partial charge in [-0.1, -0.05) is 0 Å². The fourth-order valence-electron chi connectivity index (χ4n) is 4.40. The summed E-state index contributed by atoms with van der Waals surface area (Å²) in [5.41, 5.74) is 1.52. The highest BCUT2D eigenvalue weighted by molar-refractivity contribution is 14.1. The van der Waals surface area contributed by atoms with Gasteiger partial charge >= 0.3 is 6.09 Å². The van der Waals surface area contributed by atoms with E-state index in [0.29, 0.717) is 22.4 Å². The summed E-state index contributed by atoms with van der Waals surface area (Å²) in [7, 11) is 0. The van der Waals surface area contributed by atoms with Gasteiger partial charge in [-0.15, -0.1) is 0 Å². The summed E-state index contributed by atoms with van der Waals surface area (Å²) in [6.07, 6.45) is 0.225. The quantitative estimate of drug-likeness (QED) is 0.501. The zero-order valence-corrected chi connectivity index (χ0v) is 19.6. The molecule has 1 aliphatic carbocycles. The lowest BCUT2D eigenvalue weighted by Gasteiger charge is -2.58. The first kappa shape index (κ1) is 21.5. The second-order valence-electron chi connectivity index (χ2n) is 9.33. The van der Waals surface area contributed by atoms with Crippen molar-refractivity contribution in [3.63, 3.8) is 0 Å². The number of nitrogens with zero attached hydrogens (tertiary/aromatic N) is 4. The van der Waals surface area contributed by atoms with E-state index in [1.165, 1.54) is 4.68 Å². The van der Waals surface area contributed by atoms with Crippen LogP contribution in [0.25, 0.3) is 11.3 Å². The summed E-state index contributed by atoms with van der Waals surface area (Å²) in [5.74, 6) is 0. The predicted octanol–water partition coefficient (Wildman–Crippen LogP) is 5.37. The van der Waals surface area contributed by atoms with Crippen molar-refractivity contribution in [1.29, 1.82) is 0 Å². The number of alkyl halides is 2. The van der Waals surface area contributed by atoms with E-state index in [9.17, 15) is 13.6 Å². The van der Waals surface area contributed by atoms with Crippen molar-refractivity contribution < 1.29 is 18.3 Å². The van der Waals surface area contributed by atoms with E-state index in [1.54, 1.807) is 17.2 Å². The summed E-state index contributed by atoms with van der Waals surface area (Å²) in [5, 5.41) is 4.59. The largest absolute Gasteiger partial charge is 0.444 e. The number of likely N-dealkylation sites (tertiary alicyclic amines) is 1. The number of aromatic nitrogens is 3. The van der Waals surface area contributed by atoms with E-state index in [2.05, 4.69) is 10.1 Å². The number of aryl methyl sites for hydroxylation is 1. The molecular weight excluding hydrogens is 505 g/mol. The lowest BCUT2D eigenvalue weighted by Crippen LogP contribution is -2.64. The van der Waals surface area contributed by atoms with E-state index in [0.717, 1.165) is 24.1 Å². The molecule has 4 rings (SSSR count). The molecule has 1 amide bonds. The Morgan fingerprint density at radius 3 is 2.57 bits per heavy atom. The molecule has 2 aliphatic rings. The molecule has 6 nitrogen and oxygen atoms in total. The molecule has 162 valence electrons. The van der Waals surface area contributed by atoms with Crippen LogP contribution in [0.1, 0.15) is 57.5 Å². The Labute approximate surface area is 188 Å². The maximum atomic E-state index is 13.9. The molecule has 3 heterocycles. The van der Waals surface area contributed by atoms with Crippen LogP contribution in [0.5, 0.6) is 0 Å². The number of carbonyl (C=O) groups excluding carboxylic acids is 1. The van der Waals surface area contributed by atoms with Gasteiger partial charge in [0.1, 0.15) is 17.0 Å². The number of carbonyl (C=O) groups is 1. The zero-order valence-electron chi connectivity index (χ0n) is 17.5. The van der Waals surface area contributed by atoms with Crippen molar-refractivity contribution >= 4 is 28.7 Å². The van der Waals surface area contributed by atoms with Gasteiger partial charge in [-0.3, -0.25) is 9.67 Å². The molecule has 0 bridgehead atoms. The highest BCUT2D eigenvalue weighted by Gasteiger charge is 2.56. The zero-order chi connectivity index (χ0) is 21.8. The van der Waals surface area contributed by atoms with E-state index >= 15 is 0 Å². The standard InChI is InChI=1S/C21H25F2IN4O2/c1-12-14(6-5-7-25-12)16-15(24)17(18(22)23)28(26-16)13-8-21(9-13)10-27(11-21)19(29)30-20(2,3)4/h5-7,13,18H,8-11H2,1-4H3. The molecule has 2 aromatic rings. The highest BCUT2D eigenvalue weighted by atomic mass is 127. The number of ether oxygens (including phenoxy) is 1. The van der Waals surface area contributed by atoms with Crippen LogP contribution in [-0.2, 0) is 4.74 Å². The van der Waals surface area contributed by atoms with E-state index in [4.69, 9.17) is 4.74 Å². The third kappa shape index (κ3) is 3.80. The minimum absolute atomic E-state index is 0.0112. The molecule has 0 atom stereocenters. The topological polar surface area (TPSA) is 60.2 Å². The number of rotatable bonds is 3. The van der Waals surface area contributed by atoms with Crippen LogP contribution in [-0.4, -0.2) is 44.4 Å². The first-order valence-electron chi connectivity index (χ1n) is 9.96. The van der Waals surface area contributed by atoms with Gasteiger partial charge in [-0.25, -0.2) is 13.6 Å². The van der Waals surface area contributed by atoms with E-state index < -0.39 is 12.0 Å². The monoisotopic (exact) mass is 530 g/mol. The third-order valence-corrected chi connectivity index (χ3v) is 6.81. The number of pyridine rings is 1. The number of halogens is 3. The lowest BCUT2D eigenvalue weighted by atomic mass is 9.61. The van der Waals surface area contributed by atoms with Gasteiger partial charge in [-0.2, -0.15) is 5.10 Å². The van der Waals surface area contributed by atoms with Gasteiger partial charge in [0.05, 0.1) is 9.61 Å². The highest BCUT2D eigenvalue weighted by Crippen LogP contribution is 2.55. The fourth-order valence-corrected chi connectivity index (χ4v) is 5.28. The summed E-state index contributed by atoms with van der Waals surface area (Å²) in [6.45, 7) is 8.58. The summed E-state index contributed by atoms with van der Waals surface area (Å²) >= 11 is 1.97.